The van der Waals surface area contributed by atoms with Crippen molar-refractivity contribution in [2.24, 2.45) is 0 Å². The molecule has 0 radical (unpaired) electrons. The molecule has 0 unspecified atom stereocenters. The zero-order valence-electron chi connectivity index (χ0n) is 9.61. The van der Waals surface area contributed by atoms with Crippen molar-refractivity contribution < 1.29 is 13.9 Å². The summed E-state index contributed by atoms with van der Waals surface area (Å²) >= 11 is 0. The van der Waals surface area contributed by atoms with Crippen molar-refractivity contribution in [3.8, 4) is 0 Å². The van der Waals surface area contributed by atoms with Crippen LogP contribution in [0.15, 0.2) is 4.42 Å². The van der Waals surface area contributed by atoms with E-state index in [0.29, 0.717) is 25.4 Å². The molecular weight excluding hydrogens is 211 g/mol. The Morgan fingerprint density at radius 2 is 2.31 bits per heavy atom. The minimum atomic E-state index is -0.852. The van der Waals surface area contributed by atoms with Gasteiger partial charge in [0.1, 0.15) is 11.9 Å². The number of likely N-dealkylation sites (tertiary alicyclic amines) is 1. The highest BCUT2D eigenvalue weighted by molar-refractivity contribution is 5.05. The fourth-order valence-electron chi connectivity index (χ4n) is 2.09. The Hall–Kier alpha value is -0.940. The smallest absolute Gasteiger partial charge is 0.208 e. The van der Waals surface area contributed by atoms with Crippen LogP contribution in [0.25, 0.3) is 0 Å². The van der Waals surface area contributed by atoms with Gasteiger partial charge in [0, 0.05) is 12.6 Å². The van der Waals surface area contributed by atoms with E-state index in [-0.39, 0.29) is 12.6 Å². The molecule has 2 heterocycles. The molecule has 1 saturated heterocycles. The van der Waals surface area contributed by atoms with Gasteiger partial charge in [-0.1, -0.05) is 0 Å². The largest absolute Gasteiger partial charge is 0.444 e. The Labute approximate surface area is 94.1 Å². The number of aromatic nitrogens is 1. The molecule has 1 fully saturated rings. The van der Waals surface area contributed by atoms with Crippen molar-refractivity contribution in [1.82, 2.24) is 9.88 Å². The quantitative estimate of drug-likeness (QED) is 0.844. The van der Waals surface area contributed by atoms with Crippen molar-refractivity contribution in [2.45, 2.75) is 39.0 Å². The van der Waals surface area contributed by atoms with Gasteiger partial charge in [-0.05, 0) is 20.3 Å². The van der Waals surface area contributed by atoms with E-state index in [1.165, 1.54) is 0 Å². The van der Waals surface area contributed by atoms with Gasteiger partial charge in [-0.15, -0.1) is 0 Å². The van der Waals surface area contributed by atoms with Crippen molar-refractivity contribution in [1.29, 1.82) is 0 Å². The van der Waals surface area contributed by atoms with Gasteiger partial charge in [0.2, 0.25) is 5.89 Å². The standard InChI is InChI=1S/C11H17FN2O2/c1-7-8(2)16-11(13-7)5-14-4-9(12)3-10(14)6-15/h9-10,15H,3-6H2,1-2H3/t9-,10-/m0/s1. The van der Waals surface area contributed by atoms with E-state index >= 15 is 0 Å². The van der Waals surface area contributed by atoms with E-state index in [9.17, 15) is 4.39 Å². The number of aliphatic hydroxyl groups excluding tert-OH is 1. The third kappa shape index (κ3) is 2.25. The molecule has 0 amide bonds. The Kier molecular flexibility index (Phi) is 3.25. The van der Waals surface area contributed by atoms with Gasteiger partial charge in [0.15, 0.2) is 0 Å². The molecule has 2 atom stereocenters. The number of nitrogens with zero attached hydrogens (tertiary/aromatic N) is 2. The summed E-state index contributed by atoms with van der Waals surface area (Å²) < 4.78 is 18.6. The molecule has 2 rings (SSSR count). The first kappa shape index (κ1) is 11.5. The molecule has 0 saturated carbocycles. The number of oxazole rings is 1. The van der Waals surface area contributed by atoms with Crippen LogP contribution < -0.4 is 0 Å². The van der Waals surface area contributed by atoms with Crippen molar-refractivity contribution >= 4 is 0 Å². The van der Waals surface area contributed by atoms with Gasteiger partial charge in [-0.25, -0.2) is 9.37 Å². The van der Waals surface area contributed by atoms with Crippen LogP contribution in [0.4, 0.5) is 4.39 Å². The van der Waals surface area contributed by atoms with Crippen LogP contribution >= 0.6 is 0 Å². The highest BCUT2D eigenvalue weighted by Crippen LogP contribution is 2.22. The van der Waals surface area contributed by atoms with Gasteiger partial charge in [0.05, 0.1) is 18.8 Å². The Bertz CT molecular complexity index is 347. The van der Waals surface area contributed by atoms with Crippen molar-refractivity contribution in [3.05, 3.63) is 17.3 Å². The maximum atomic E-state index is 13.2. The average molecular weight is 228 g/mol. The summed E-state index contributed by atoms with van der Waals surface area (Å²) in [6.07, 6.45) is -0.455. The summed E-state index contributed by atoms with van der Waals surface area (Å²) in [5.41, 5.74) is 0.867. The summed E-state index contributed by atoms with van der Waals surface area (Å²) in [6.45, 7) is 4.55. The molecule has 1 N–H and O–H groups in total. The summed E-state index contributed by atoms with van der Waals surface area (Å²) in [7, 11) is 0. The van der Waals surface area contributed by atoms with Gasteiger partial charge < -0.3 is 9.52 Å². The van der Waals surface area contributed by atoms with Crippen LogP contribution in [0.3, 0.4) is 0 Å². The lowest BCUT2D eigenvalue weighted by atomic mass is 10.2. The highest BCUT2D eigenvalue weighted by atomic mass is 19.1. The minimum absolute atomic E-state index is 0.0148. The van der Waals surface area contributed by atoms with E-state index in [2.05, 4.69) is 4.98 Å². The Balaban J connectivity index is 2.03. The summed E-state index contributed by atoms with van der Waals surface area (Å²) in [5.74, 6) is 1.40. The number of aryl methyl sites for hydroxylation is 2. The first-order valence-corrected chi connectivity index (χ1v) is 5.52. The fourth-order valence-corrected chi connectivity index (χ4v) is 2.09. The number of aliphatic hydroxyl groups is 1. The predicted molar refractivity (Wildman–Crippen MR) is 56.8 cm³/mol. The van der Waals surface area contributed by atoms with Crippen LogP contribution in [0.1, 0.15) is 23.8 Å². The second-order valence-electron chi connectivity index (χ2n) is 4.35. The normalized spacial score (nSPS) is 26.5. The number of hydrogen-bond donors (Lipinski definition) is 1. The molecule has 0 spiro atoms. The third-order valence-corrected chi connectivity index (χ3v) is 3.10. The fraction of sp³-hybridized carbons (Fsp3) is 0.727. The topological polar surface area (TPSA) is 49.5 Å². The summed E-state index contributed by atoms with van der Waals surface area (Å²) in [6, 6.07) is -0.109. The molecule has 4 nitrogen and oxygen atoms in total. The lowest BCUT2D eigenvalue weighted by molar-refractivity contribution is 0.143. The Morgan fingerprint density at radius 3 is 2.88 bits per heavy atom. The molecule has 1 aliphatic heterocycles. The summed E-state index contributed by atoms with van der Waals surface area (Å²) in [5, 5.41) is 9.13. The zero-order chi connectivity index (χ0) is 11.7. The first-order valence-electron chi connectivity index (χ1n) is 5.52. The monoisotopic (exact) mass is 228 g/mol. The lowest BCUT2D eigenvalue weighted by Crippen LogP contribution is -2.31. The van der Waals surface area contributed by atoms with Crippen LogP contribution in [-0.4, -0.2) is 40.4 Å². The lowest BCUT2D eigenvalue weighted by Gasteiger charge is -2.19. The molecule has 90 valence electrons. The second kappa shape index (κ2) is 4.51. The van der Waals surface area contributed by atoms with Crippen molar-refractivity contribution in [3.63, 3.8) is 0 Å². The van der Waals surface area contributed by atoms with Crippen LogP contribution in [-0.2, 0) is 6.54 Å². The maximum Gasteiger partial charge on any atom is 0.208 e. The number of rotatable bonds is 3. The van der Waals surface area contributed by atoms with Gasteiger partial charge in [0.25, 0.3) is 0 Å². The van der Waals surface area contributed by atoms with Gasteiger partial charge >= 0.3 is 0 Å². The van der Waals surface area contributed by atoms with Crippen molar-refractivity contribution in [2.75, 3.05) is 13.2 Å². The first-order chi connectivity index (χ1) is 7.60. The van der Waals surface area contributed by atoms with Crippen LogP contribution in [0.2, 0.25) is 0 Å². The van der Waals surface area contributed by atoms with Gasteiger partial charge in [-0.3, -0.25) is 4.90 Å². The number of halogens is 1. The van der Waals surface area contributed by atoms with Crippen LogP contribution in [0.5, 0.6) is 0 Å². The van der Waals surface area contributed by atoms with E-state index in [0.717, 1.165) is 11.5 Å². The third-order valence-electron chi connectivity index (χ3n) is 3.10. The second-order valence-corrected chi connectivity index (χ2v) is 4.35. The van der Waals surface area contributed by atoms with E-state index in [1.807, 2.05) is 18.7 Å². The number of alkyl halides is 1. The Morgan fingerprint density at radius 1 is 1.56 bits per heavy atom. The summed E-state index contributed by atoms with van der Waals surface area (Å²) in [4.78, 5) is 6.14. The molecule has 1 aromatic heterocycles. The molecule has 1 aliphatic rings. The van der Waals surface area contributed by atoms with Crippen LogP contribution in [0, 0.1) is 13.8 Å². The van der Waals surface area contributed by atoms with E-state index < -0.39 is 6.17 Å². The molecule has 16 heavy (non-hydrogen) atoms. The molecular formula is C11H17FN2O2. The molecule has 1 aromatic rings. The van der Waals surface area contributed by atoms with E-state index in [1.54, 1.807) is 0 Å². The van der Waals surface area contributed by atoms with Gasteiger partial charge in [-0.2, -0.15) is 0 Å². The van der Waals surface area contributed by atoms with E-state index in [4.69, 9.17) is 9.52 Å². The minimum Gasteiger partial charge on any atom is -0.444 e. The highest BCUT2D eigenvalue weighted by Gasteiger charge is 2.32. The maximum absolute atomic E-state index is 13.2. The molecule has 0 bridgehead atoms. The predicted octanol–water partition coefficient (Wildman–Crippen LogP) is 1.20. The number of hydrogen-bond acceptors (Lipinski definition) is 4. The average Bonchev–Trinajstić information content (AvgIpc) is 2.72. The molecule has 5 heteroatoms. The zero-order valence-corrected chi connectivity index (χ0v) is 9.61. The molecule has 0 aromatic carbocycles. The molecule has 0 aliphatic carbocycles. The SMILES string of the molecule is Cc1nc(CN2C[C@@H](F)C[C@H]2CO)oc1C.